The second-order valence-electron chi connectivity index (χ2n) is 4.47. The fourth-order valence-electron chi connectivity index (χ4n) is 1.83. The molecule has 0 fully saturated rings. The van der Waals surface area contributed by atoms with E-state index in [-0.39, 0.29) is 5.91 Å². The SMILES string of the molecule is Cc1cc(C(=O)Nc2cc(N)c(C)cc2Br)c(C)o1. The molecule has 2 aromatic rings. The van der Waals surface area contributed by atoms with Crippen molar-refractivity contribution in [2.75, 3.05) is 11.1 Å². The number of carbonyl (C=O) groups is 1. The molecule has 3 N–H and O–H groups in total. The second kappa shape index (κ2) is 5.09. The average molecular weight is 323 g/mol. The Kier molecular flexibility index (Phi) is 3.66. The molecule has 0 saturated carbocycles. The zero-order valence-electron chi connectivity index (χ0n) is 11.0. The quantitative estimate of drug-likeness (QED) is 0.826. The van der Waals surface area contributed by atoms with E-state index in [4.69, 9.17) is 10.2 Å². The van der Waals surface area contributed by atoms with Gasteiger partial charge >= 0.3 is 0 Å². The maximum Gasteiger partial charge on any atom is 0.259 e. The van der Waals surface area contributed by atoms with Crippen molar-refractivity contribution in [2.24, 2.45) is 0 Å². The minimum absolute atomic E-state index is 0.210. The average Bonchev–Trinajstić information content (AvgIpc) is 2.65. The van der Waals surface area contributed by atoms with Gasteiger partial charge in [-0.3, -0.25) is 4.79 Å². The molecule has 0 aliphatic heterocycles. The topological polar surface area (TPSA) is 68.3 Å². The molecule has 0 radical (unpaired) electrons. The largest absolute Gasteiger partial charge is 0.466 e. The lowest BCUT2D eigenvalue weighted by Gasteiger charge is -2.09. The Labute approximate surface area is 120 Å². The molecule has 0 saturated heterocycles. The van der Waals surface area contributed by atoms with Gasteiger partial charge in [0, 0.05) is 10.2 Å². The molecule has 19 heavy (non-hydrogen) atoms. The summed E-state index contributed by atoms with van der Waals surface area (Å²) in [5, 5.41) is 2.82. The third-order valence-corrected chi connectivity index (χ3v) is 3.55. The van der Waals surface area contributed by atoms with Crippen LogP contribution in [0.4, 0.5) is 11.4 Å². The number of amides is 1. The summed E-state index contributed by atoms with van der Waals surface area (Å²) in [7, 11) is 0. The summed E-state index contributed by atoms with van der Waals surface area (Å²) >= 11 is 3.41. The number of furan rings is 1. The number of nitrogens with two attached hydrogens (primary N) is 1. The Bertz CT molecular complexity index is 647. The molecule has 1 aromatic heterocycles. The highest BCUT2D eigenvalue weighted by Crippen LogP contribution is 2.28. The van der Waals surface area contributed by atoms with Gasteiger partial charge < -0.3 is 15.5 Å². The highest BCUT2D eigenvalue weighted by atomic mass is 79.9. The second-order valence-corrected chi connectivity index (χ2v) is 5.32. The number of halogens is 1. The van der Waals surface area contributed by atoms with Gasteiger partial charge in [-0.2, -0.15) is 0 Å². The highest BCUT2D eigenvalue weighted by Gasteiger charge is 2.15. The minimum atomic E-state index is -0.210. The molecule has 0 atom stereocenters. The van der Waals surface area contributed by atoms with E-state index in [1.165, 1.54) is 0 Å². The van der Waals surface area contributed by atoms with Crippen LogP contribution in [-0.2, 0) is 0 Å². The molecule has 0 aliphatic rings. The molecule has 0 bridgehead atoms. The summed E-state index contributed by atoms with van der Waals surface area (Å²) in [6, 6.07) is 5.33. The molecule has 0 spiro atoms. The molecule has 2 rings (SSSR count). The fraction of sp³-hybridized carbons (Fsp3) is 0.214. The van der Waals surface area contributed by atoms with E-state index in [2.05, 4.69) is 21.2 Å². The Balaban J connectivity index is 2.29. The fourth-order valence-corrected chi connectivity index (χ4v) is 2.39. The predicted molar refractivity (Wildman–Crippen MR) is 79.4 cm³/mol. The summed E-state index contributed by atoms with van der Waals surface area (Å²) in [5.41, 5.74) is 8.62. The number of rotatable bonds is 2. The van der Waals surface area contributed by atoms with Crippen LogP contribution < -0.4 is 11.1 Å². The van der Waals surface area contributed by atoms with Crippen LogP contribution in [0.1, 0.15) is 27.4 Å². The summed E-state index contributed by atoms with van der Waals surface area (Å²) in [6.45, 7) is 5.49. The van der Waals surface area contributed by atoms with E-state index in [1.807, 2.05) is 19.9 Å². The zero-order valence-corrected chi connectivity index (χ0v) is 12.6. The third kappa shape index (κ3) is 2.81. The van der Waals surface area contributed by atoms with Crippen LogP contribution >= 0.6 is 15.9 Å². The van der Waals surface area contributed by atoms with Gasteiger partial charge in [0.15, 0.2) is 0 Å². The maximum absolute atomic E-state index is 12.2. The summed E-state index contributed by atoms with van der Waals surface area (Å²) < 4.78 is 6.15. The van der Waals surface area contributed by atoms with Crippen LogP contribution in [0.5, 0.6) is 0 Å². The lowest BCUT2D eigenvalue weighted by Crippen LogP contribution is -2.13. The van der Waals surface area contributed by atoms with Gasteiger partial charge in [0.05, 0.1) is 11.3 Å². The summed E-state index contributed by atoms with van der Waals surface area (Å²) in [4.78, 5) is 12.2. The number of aryl methyl sites for hydroxylation is 3. The number of nitrogen functional groups attached to an aromatic ring is 1. The standard InChI is InChI=1S/C14H15BrN2O2/c1-7-4-11(15)13(6-12(7)16)17-14(18)10-5-8(2)19-9(10)3/h4-6H,16H2,1-3H3,(H,17,18). The van der Waals surface area contributed by atoms with Crippen molar-refractivity contribution in [3.63, 3.8) is 0 Å². The van der Waals surface area contributed by atoms with Gasteiger partial charge in [0.25, 0.3) is 5.91 Å². The van der Waals surface area contributed by atoms with Gasteiger partial charge in [-0.25, -0.2) is 0 Å². The molecule has 1 heterocycles. The number of nitrogens with one attached hydrogen (secondary N) is 1. The monoisotopic (exact) mass is 322 g/mol. The maximum atomic E-state index is 12.2. The van der Waals surface area contributed by atoms with Crippen molar-refractivity contribution < 1.29 is 9.21 Å². The van der Waals surface area contributed by atoms with Gasteiger partial charge in [0.2, 0.25) is 0 Å². The molecule has 100 valence electrons. The lowest BCUT2D eigenvalue weighted by atomic mass is 10.1. The zero-order chi connectivity index (χ0) is 14.2. The van der Waals surface area contributed by atoms with Crippen LogP contribution in [0, 0.1) is 20.8 Å². The Morgan fingerprint density at radius 2 is 1.95 bits per heavy atom. The number of hydrogen-bond donors (Lipinski definition) is 2. The number of benzene rings is 1. The molecule has 0 unspecified atom stereocenters. The molecular formula is C14H15BrN2O2. The van der Waals surface area contributed by atoms with Crippen molar-refractivity contribution in [1.29, 1.82) is 0 Å². The first-order valence-corrected chi connectivity index (χ1v) is 6.62. The van der Waals surface area contributed by atoms with Gasteiger partial charge in [-0.15, -0.1) is 0 Å². The first kappa shape index (κ1) is 13.7. The van der Waals surface area contributed by atoms with Crippen molar-refractivity contribution in [1.82, 2.24) is 0 Å². The molecule has 1 aromatic carbocycles. The van der Waals surface area contributed by atoms with Crippen molar-refractivity contribution in [3.05, 3.63) is 45.3 Å². The van der Waals surface area contributed by atoms with Crippen LogP contribution in [0.3, 0.4) is 0 Å². The normalized spacial score (nSPS) is 10.5. The Morgan fingerprint density at radius 3 is 2.53 bits per heavy atom. The number of hydrogen-bond acceptors (Lipinski definition) is 3. The van der Waals surface area contributed by atoms with E-state index < -0.39 is 0 Å². The number of carbonyl (C=O) groups excluding carboxylic acids is 1. The van der Waals surface area contributed by atoms with Crippen molar-refractivity contribution in [2.45, 2.75) is 20.8 Å². The lowest BCUT2D eigenvalue weighted by molar-refractivity contribution is 0.102. The van der Waals surface area contributed by atoms with Crippen molar-refractivity contribution >= 4 is 33.2 Å². The molecular weight excluding hydrogens is 308 g/mol. The number of anilines is 2. The molecule has 0 aliphatic carbocycles. The van der Waals surface area contributed by atoms with Crippen LogP contribution in [0.2, 0.25) is 0 Å². The van der Waals surface area contributed by atoms with E-state index in [0.29, 0.717) is 28.5 Å². The summed E-state index contributed by atoms with van der Waals surface area (Å²) in [6.07, 6.45) is 0. The van der Waals surface area contributed by atoms with E-state index in [0.717, 1.165) is 10.0 Å². The summed E-state index contributed by atoms with van der Waals surface area (Å²) in [5.74, 6) is 1.11. The van der Waals surface area contributed by atoms with E-state index >= 15 is 0 Å². The highest BCUT2D eigenvalue weighted by molar-refractivity contribution is 9.10. The Hall–Kier alpha value is -1.75. The smallest absolute Gasteiger partial charge is 0.259 e. The third-order valence-electron chi connectivity index (χ3n) is 2.89. The van der Waals surface area contributed by atoms with Gasteiger partial charge in [0.1, 0.15) is 11.5 Å². The van der Waals surface area contributed by atoms with E-state index in [9.17, 15) is 4.79 Å². The van der Waals surface area contributed by atoms with Crippen LogP contribution in [0.25, 0.3) is 0 Å². The van der Waals surface area contributed by atoms with Gasteiger partial charge in [-0.1, -0.05) is 0 Å². The minimum Gasteiger partial charge on any atom is -0.466 e. The van der Waals surface area contributed by atoms with Crippen molar-refractivity contribution in [3.8, 4) is 0 Å². The van der Waals surface area contributed by atoms with Crippen LogP contribution in [-0.4, -0.2) is 5.91 Å². The molecule has 4 nitrogen and oxygen atoms in total. The van der Waals surface area contributed by atoms with E-state index in [1.54, 1.807) is 19.1 Å². The van der Waals surface area contributed by atoms with Crippen LogP contribution in [0.15, 0.2) is 27.1 Å². The molecule has 1 amide bonds. The molecule has 5 heteroatoms. The first-order chi connectivity index (χ1) is 8.88. The van der Waals surface area contributed by atoms with Gasteiger partial charge in [-0.05, 0) is 60.5 Å². The first-order valence-electron chi connectivity index (χ1n) is 5.82. The predicted octanol–water partition coefficient (Wildman–Crippen LogP) is 3.80. The Morgan fingerprint density at radius 1 is 1.26 bits per heavy atom.